The number of amides is 1. The van der Waals surface area contributed by atoms with E-state index in [4.69, 9.17) is 0 Å². The van der Waals surface area contributed by atoms with Gasteiger partial charge < -0.3 is 4.90 Å². The number of likely N-dealkylation sites (N-methyl/N-ethyl adjacent to an activating group) is 1. The molecule has 0 N–H and O–H groups in total. The molecule has 1 amide bonds. The van der Waals surface area contributed by atoms with E-state index in [2.05, 4.69) is 55.5 Å². The molecule has 1 heterocycles. The molecule has 1 fully saturated rings. The summed E-state index contributed by atoms with van der Waals surface area (Å²) in [6.45, 7) is 2.37. The molecule has 3 aromatic carbocycles. The van der Waals surface area contributed by atoms with E-state index in [1.807, 2.05) is 11.9 Å². The molecule has 1 unspecified atom stereocenters. The van der Waals surface area contributed by atoms with Crippen LogP contribution in [0.4, 0.5) is 0 Å². The van der Waals surface area contributed by atoms with Crippen molar-refractivity contribution in [1.82, 2.24) is 4.90 Å². The van der Waals surface area contributed by atoms with Crippen LogP contribution in [0.3, 0.4) is 0 Å². The topological polar surface area (TPSA) is 20.3 Å². The lowest BCUT2D eigenvalue weighted by atomic mass is 9.63. The number of piperidine rings is 1. The summed E-state index contributed by atoms with van der Waals surface area (Å²) in [5, 5.41) is 2.89. The minimum absolute atomic E-state index is 0.0801. The van der Waals surface area contributed by atoms with Gasteiger partial charge in [-0.05, 0) is 76.3 Å². The van der Waals surface area contributed by atoms with Gasteiger partial charge in [0.05, 0.1) is 0 Å². The Balaban J connectivity index is 1.48. The quantitative estimate of drug-likeness (QED) is 0.550. The van der Waals surface area contributed by atoms with Gasteiger partial charge in [0, 0.05) is 24.9 Å². The molecule has 1 saturated heterocycles. The highest BCUT2D eigenvalue weighted by atomic mass is 16.2. The van der Waals surface area contributed by atoms with Gasteiger partial charge >= 0.3 is 0 Å². The Morgan fingerprint density at radius 1 is 0.931 bits per heavy atom. The van der Waals surface area contributed by atoms with Crippen molar-refractivity contribution < 1.29 is 4.79 Å². The molecule has 3 aliphatic rings. The first-order chi connectivity index (χ1) is 14.1. The fourth-order valence-electron chi connectivity index (χ4n) is 6.45. The van der Waals surface area contributed by atoms with E-state index in [-0.39, 0.29) is 5.41 Å². The third kappa shape index (κ3) is 2.32. The van der Waals surface area contributed by atoms with Crippen LogP contribution in [0.15, 0.2) is 48.5 Å². The lowest BCUT2D eigenvalue weighted by Crippen LogP contribution is -2.56. The molecular formula is C27H27NO. The van der Waals surface area contributed by atoms with Crippen LogP contribution >= 0.6 is 0 Å². The smallest absolute Gasteiger partial charge is 0.222 e. The number of nitrogens with zero attached hydrogens (tertiary/aromatic N) is 1. The van der Waals surface area contributed by atoms with Crippen molar-refractivity contribution in [3.05, 3.63) is 70.8 Å². The Labute approximate surface area is 172 Å². The Bertz CT molecular complexity index is 1170. The number of aryl methyl sites for hydroxylation is 3. The zero-order chi connectivity index (χ0) is 19.8. The van der Waals surface area contributed by atoms with Crippen LogP contribution in [0.2, 0.25) is 0 Å². The summed E-state index contributed by atoms with van der Waals surface area (Å²) in [6, 6.07) is 18.9. The van der Waals surface area contributed by atoms with Crippen LogP contribution in [0.5, 0.6) is 0 Å². The molecule has 3 aromatic rings. The maximum Gasteiger partial charge on any atom is 0.222 e. The summed E-state index contributed by atoms with van der Waals surface area (Å²) in [6.07, 6.45) is 6.10. The molecule has 0 bridgehead atoms. The van der Waals surface area contributed by atoms with Crippen molar-refractivity contribution >= 4 is 16.7 Å². The van der Waals surface area contributed by atoms with E-state index < -0.39 is 0 Å². The third-order valence-electron chi connectivity index (χ3n) is 8.05. The van der Waals surface area contributed by atoms with Gasteiger partial charge in [-0.25, -0.2) is 0 Å². The summed E-state index contributed by atoms with van der Waals surface area (Å²) in [7, 11) is 2.00. The number of carbonyl (C=O) groups is 1. The summed E-state index contributed by atoms with van der Waals surface area (Å²) in [4.78, 5) is 14.3. The molecule has 146 valence electrons. The number of hydrogen-bond donors (Lipinski definition) is 0. The molecule has 2 nitrogen and oxygen atoms in total. The summed E-state index contributed by atoms with van der Waals surface area (Å²) in [5.41, 5.74) is 8.72. The van der Waals surface area contributed by atoms with Crippen LogP contribution in [0.1, 0.15) is 48.4 Å². The van der Waals surface area contributed by atoms with E-state index in [0.717, 1.165) is 19.3 Å². The van der Waals surface area contributed by atoms with Crippen molar-refractivity contribution in [3.63, 3.8) is 0 Å². The second-order valence-electron chi connectivity index (χ2n) is 9.46. The van der Waals surface area contributed by atoms with Gasteiger partial charge in [-0.1, -0.05) is 55.5 Å². The van der Waals surface area contributed by atoms with Crippen molar-refractivity contribution in [2.75, 3.05) is 7.05 Å². The Morgan fingerprint density at radius 2 is 1.76 bits per heavy atom. The van der Waals surface area contributed by atoms with Crippen LogP contribution in [0.25, 0.3) is 21.9 Å². The molecule has 0 saturated carbocycles. The molecule has 0 aromatic heterocycles. The second kappa shape index (κ2) is 5.95. The first kappa shape index (κ1) is 17.3. The zero-order valence-electron chi connectivity index (χ0n) is 17.3. The number of hydrogen-bond acceptors (Lipinski definition) is 1. The predicted molar refractivity (Wildman–Crippen MR) is 118 cm³/mol. The lowest BCUT2D eigenvalue weighted by Gasteiger charge is -2.50. The first-order valence-electron chi connectivity index (χ1n) is 11.0. The maximum atomic E-state index is 12.3. The fourth-order valence-corrected chi connectivity index (χ4v) is 6.45. The minimum Gasteiger partial charge on any atom is -0.342 e. The highest BCUT2D eigenvalue weighted by Crippen LogP contribution is 2.47. The molecule has 2 heteroatoms. The van der Waals surface area contributed by atoms with Gasteiger partial charge in [-0.2, -0.15) is 0 Å². The monoisotopic (exact) mass is 381 g/mol. The standard InChI is InChI=1S/C27H27NO/c1-27-15-14-25(29)28(2)24(27)13-10-20-16-19(9-12-23(20)27)21-11-8-18-7-6-17-4-3-5-22(21)26(17)18/h3-5,8-9,11-12,16,24H,6-7,10,13-15H2,1-2H3/t24?,27-/m1/s1. The zero-order valence-corrected chi connectivity index (χ0v) is 17.3. The average Bonchev–Trinajstić information content (AvgIpc) is 3.16. The van der Waals surface area contributed by atoms with Gasteiger partial charge in [0.2, 0.25) is 5.91 Å². The van der Waals surface area contributed by atoms with E-state index >= 15 is 0 Å². The van der Waals surface area contributed by atoms with Crippen LogP contribution < -0.4 is 0 Å². The normalized spacial score (nSPS) is 25.2. The largest absolute Gasteiger partial charge is 0.342 e. The highest BCUT2D eigenvalue weighted by molar-refractivity contribution is 6.01. The molecule has 0 radical (unpaired) electrons. The molecule has 2 atom stereocenters. The summed E-state index contributed by atoms with van der Waals surface area (Å²) >= 11 is 0. The van der Waals surface area contributed by atoms with E-state index in [9.17, 15) is 4.79 Å². The average molecular weight is 382 g/mol. The Kier molecular flexibility index (Phi) is 3.54. The van der Waals surface area contributed by atoms with Crippen molar-refractivity contribution in [2.45, 2.75) is 56.9 Å². The molecular weight excluding hydrogens is 354 g/mol. The van der Waals surface area contributed by atoms with E-state index in [1.165, 1.54) is 57.0 Å². The molecule has 2 aliphatic carbocycles. The first-order valence-corrected chi connectivity index (χ1v) is 11.0. The predicted octanol–water partition coefficient (Wildman–Crippen LogP) is 5.43. The minimum atomic E-state index is 0.0801. The van der Waals surface area contributed by atoms with Gasteiger partial charge in [0.15, 0.2) is 0 Å². The number of carbonyl (C=O) groups excluding carboxylic acids is 1. The molecule has 29 heavy (non-hydrogen) atoms. The number of rotatable bonds is 1. The van der Waals surface area contributed by atoms with Crippen LogP contribution in [0, 0.1) is 0 Å². The van der Waals surface area contributed by atoms with Crippen LogP contribution in [-0.4, -0.2) is 23.9 Å². The number of fused-ring (bicyclic) bond motifs is 3. The molecule has 0 spiro atoms. The molecule has 1 aliphatic heterocycles. The van der Waals surface area contributed by atoms with Gasteiger partial charge in [-0.3, -0.25) is 4.79 Å². The third-order valence-corrected chi connectivity index (χ3v) is 8.05. The van der Waals surface area contributed by atoms with Crippen molar-refractivity contribution in [2.24, 2.45) is 0 Å². The van der Waals surface area contributed by atoms with Gasteiger partial charge in [0.1, 0.15) is 0 Å². The van der Waals surface area contributed by atoms with Crippen molar-refractivity contribution in [3.8, 4) is 11.1 Å². The second-order valence-corrected chi connectivity index (χ2v) is 9.46. The lowest BCUT2D eigenvalue weighted by molar-refractivity contribution is -0.138. The van der Waals surface area contributed by atoms with Crippen molar-refractivity contribution in [1.29, 1.82) is 0 Å². The van der Waals surface area contributed by atoms with E-state index in [0.29, 0.717) is 18.4 Å². The van der Waals surface area contributed by atoms with Crippen LogP contribution in [-0.2, 0) is 29.5 Å². The molecule has 6 rings (SSSR count). The van der Waals surface area contributed by atoms with E-state index in [1.54, 1.807) is 0 Å². The Morgan fingerprint density at radius 3 is 2.62 bits per heavy atom. The highest BCUT2D eigenvalue weighted by Gasteiger charge is 2.46. The summed E-state index contributed by atoms with van der Waals surface area (Å²) < 4.78 is 0. The fraction of sp³-hybridized carbons (Fsp3) is 0.370. The van der Waals surface area contributed by atoms with Gasteiger partial charge in [0.25, 0.3) is 0 Å². The number of benzene rings is 3. The number of likely N-dealkylation sites (tertiary alicyclic amines) is 1. The SMILES string of the molecule is CN1C(=O)CC[C@]2(C)c3ccc(-c4ccc5c6c(cccc46)CC5)cc3CCC12. The maximum absolute atomic E-state index is 12.3. The Hall–Kier alpha value is -2.61. The summed E-state index contributed by atoms with van der Waals surface area (Å²) in [5.74, 6) is 0.306. The van der Waals surface area contributed by atoms with Gasteiger partial charge in [-0.15, -0.1) is 0 Å².